The van der Waals surface area contributed by atoms with Crippen LogP contribution in [0.4, 0.5) is 15.8 Å². The lowest BCUT2D eigenvalue weighted by Gasteiger charge is -2.38. The van der Waals surface area contributed by atoms with E-state index in [2.05, 4.69) is 17.1 Å². The van der Waals surface area contributed by atoms with Gasteiger partial charge in [-0.3, -0.25) is 9.59 Å². The highest BCUT2D eigenvalue weighted by Crippen LogP contribution is 2.35. The second kappa shape index (κ2) is 5.47. The molecule has 2 aliphatic heterocycles. The van der Waals surface area contributed by atoms with E-state index in [0.717, 1.165) is 32.2 Å². The summed E-state index contributed by atoms with van der Waals surface area (Å²) >= 11 is 0. The van der Waals surface area contributed by atoms with E-state index >= 15 is 0 Å². The van der Waals surface area contributed by atoms with Crippen LogP contribution in [0.15, 0.2) is 12.1 Å². The maximum absolute atomic E-state index is 14.4. The van der Waals surface area contributed by atoms with Gasteiger partial charge in [0, 0.05) is 12.6 Å². The molecule has 1 saturated heterocycles. The molecule has 1 amide bonds. The van der Waals surface area contributed by atoms with Gasteiger partial charge in [0.25, 0.3) is 11.7 Å². The second-order valence-corrected chi connectivity index (χ2v) is 5.76. The number of anilines is 2. The van der Waals surface area contributed by atoms with E-state index in [9.17, 15) is 14.0 Å². The molecule has 2 heterocycles. The number of amides is 1. The Hall–Kier alpha value is -1.91. The van der Waals surface area contributed by atoms with Crippen molar-refractivity contribution in [3.63, 3.8) is 0 Å². The number of carbonyl (C=O) groups excluding carboxylic acids is 2. The number of Topliss-reactive ketones (excluding diaryl/α,β-unsaturated/α-hetero) is 1. The number of rotatable bonds is 3. The van der Waals surface area contributed by atoms with Crippen LogP contribution in [0.25, 0.3) is 0 Å². The summed E-state index contributed by atoms with van der Waals surface area (Å²) in [7, 11) is 0. The Bertz CT molecular complexity index is 598. The molecular weight excluding hydrogens is 271 g/mol. The van der Waals surface area contributed by atoms with Crippen molar-refractivity contribution < 1.29 is 14.0 Å². The summed E-state index contributed by atoms with van der Waals surface area (Å²) in [5.41, 5.74) is 1.08. The highest BCUT2D eigenvalue weighted by molar-refractivity contribution is 6.51. The van der Waals surface area contributed by atoms with Crippen molar-refractivity contribution in [1.29, 1.82) is 0 Å². The molecule has 0 spiro atoms. The molecule has 1 fully saturated rings. The lowest BCUT2D eigenvalue weighted by Crippen LogP contribution is -2.40. The first-order chi connectivity index (χ1) is 10.1. The third-order valence-electron chi connectivity index (χ3n) is 4.34. The van der Waals surface area contributed by atoms with Crippen molar-refractivity contribution in [2.75, 3.05) is 16.8 Å². The summed E-state index contributed by atoms with van der Waals surface area (Å²) in [6.45, 7) is 2.95. The third kappa shape index (κ3) is 2.41. The first-order valence-electron chi connectivity index (χ1n) is 7.57. The fourth-order valence-electron chi connectivity index (χ4n) is 3.33. The zero-order chi connectivity index (χ0) is 15.0. The monoisotopic (exact) mass is 290 g/mol. The molecule has 1 aromatic carbocycles. The predicted octanol–water partition coefficient (Wildman–Crippen LogP) is 3.12. The van der Waals surface area contributed by atoms with Gasteiger partial charge in [-0.2, -0.15) is 0 Å². The largest absolute Gasteiger partial charge is 0.366 e. The highest BCUT2D eigenvalue weighted by Gasteiger charge is 2.32. The van der Waals surface area contributed by atoms with Crippen molar-refractivity contribution in [3.05, 3.63) is 23.5 Å². The molecule has 0 saturated carbocycles. The van der Waals surface area contributed by atoms with Crippen LogP contribution in [0.1, 0.15) is 49.4 Å². The number of ketones is 1. The van der Waals surface area contributed by atoms with Crippen LogP contribution < -0.4 is 10.2 Å². The Morgan fingerprint density at radius 1 is 1.33 bits per heavy atom. The van der Waals surface area contributed by atoms with Gasteiger partial charge < -0.3 is 10.2 Å². The lowest BCUT2D eigenvalue weighted by molar-refractivity contribution is -0.112. The topological polar surface area (TPSA) is 49.4 Å². The fraction of sp³-hybridized carbons (Fsp3) is 0.500. The lowest BCUT2D eigenvalue weighted by atomic mass is 9.97. The molecule has 1 atom stereocenters. The van der Waals surface area contributed by atoms with Crippen molar-refractivity contribution in [1.82, 2.24) is 0 Å². The molecule has 0 aromatic heterocycles. The number of piperidine rings is 1. The van der Waals surface area contributed by atoms with E-state index in [-0.39, 0.29) is 5.56 Å². The van der Waals surface area contributed by atoms with Crippen LogP contribution in [0, 0.1) is 5.82 Å². The first kappa shape index (κ1) is 14.0. The van der Waals surface area contributed by atoms with Crippen molar-refractivity contribution in [2.45, 2.75) is 45.1 Å². The van der Waals surface area contributed by atoms with E-state index in [1.54, 1.807) is 6.07 Å². The van der Waals surface area contributed by atoms with Gasteiger partial charge in [-0.15, -0.1) is 0 Å². The molecule has 1 N–H and O–H groups in total. The molecule has 112 valence electrons. The molecule has 1 unspecified atom stereocenters. The zero-order valence-corrected chi connectivity index (χ0v) is 12.1. The van der Waals surface area contributed by atoms with Crippen LogP contribution in [0.3, 0.4) is 0 Å². The quantitative estimate of drug-likeness (QED) is 0.870. The van der Waals surface area contributed by atoms with Gasteiger partial charge in [-0.1, -0.05) is 13.3 Å². The molecule has 2 aliphatic rings. The maximum Gasteiger partial charge on any atom is 0.296 e. The summed E-state index contributed by atoms with van der Waals surface area (Å²) < 4.78 is 14.4. The van der Waals surface area contributed by atoms with E-state index in [0.29, 0.717) is 17.4 Å². The third-order valence-corrected chi connectivity index (χ3v) is 4.34. The molecule has 1 aromatic rings. The smallest absolute Gasteiger partial charge is 0.296 e. The Labute approximate surface area is 123 Å². The number of nitrogens with one attached hydrogen (secondary N) is 1. The van der Waals surface area contributed by atoms with Crippen molar-refractivity contribution in [3.8, 4) is 0 Å². The summed E-state index contributed by atoms with van der Waals surface area (Å²) in [5.74, 6) is -1.74. The number of nitrogens with zero attached hydrogens (tertiary/aromatic N) is 1. The van der Waals surface area contributed by atoms with Crippen molar-refractivity contribution in [2.24, 2.45) is 0 Å². The zero-order valence-electron chi connectivity index (χ0n) is 12.1. The van der Waals surface area contributed by atoms with Gasteiger partial charge in [0.05, 0.1) is 16.9 Å². The van der Waals surface area contributed by atoms with Gasteiger partial charge in [0.1, 0.15) is 5.82 Å². The fourth-order valence-corrected chi connectivity index (χ4v) is 3.33. The Morgan fingerprint density at radius 3 is 2.90 bits per heavy atom. The number of benzene rings is 1. The van der Waals surface area contributed by atoms with Gasteiger partial charge >= 0.3 is 0 Å². The number of carbonyl (C=O) groups is 2. The average Bonchev–Trinajstić information content (AvgIpc) is 2.75. The minimum atomic E-state index is -0.676. The van der Waals surface area contributed by atoms with Crippen molar-refractivity contribution >= 4 is 23.1 Å². The Morgan fingerprint density at radius 2 is 2.14 bits per heavy atom. The summed E-state index contributed by atoms with van der Waals surface area (Å²) in [6, 6.07) is 3.15. The SMILES string of the molecule is CCCC1CCCCN1c1cc2c(cc1F)C(=O)C(=O)N2. The molecule has 5 heteroatoms. The van der Waals surface area contributed by atoms with Crippen LogP contribution in [0.2, 0.25) is 0 Å². The highest BCUT2D eigenvalue weighted by atomic mass is 19.1. The number of hydrogen-bond donors (Lipinski definition) is 1. The predicted molar refractivity (Wildman–Crippen MR) is 79.3 cm³/mol. The second-order valence-electron chi connectivity index (χ2n) is 5.76. The molecule has 0 radical (unpaired) electrons. The summed E-state index contributed by atoms with van der Waals surface area (Å²) in [4.78, 5) is 25.1. The molecule has 3 rings (SSSR count). The van der Waals surface area contributed by atoms with Crippen LogP contribution in [-0.2, 0) is 4.79 Å². The molecule has 0 aliphatic carbocycles. The van der Waals surface area contributed by atoms with Gasteiger partial charge in [-0.05, 0) is 37.8 Å². The molecule has 4 nitrogen and oxygen atoms in total. The molecule has 21 heavy (non-hydrogen) atoms. The number of hydrogen-bond acceptors (Lipinski definition) is 3. The first-order valence-corrected chi connectivity index (χ1v) is 7.57. The number of fused-ring (bicyclic) bond motifs is 1. The van der Waals surface area contributed by atoms with Gasteiger partial charge in [0.15, 0.2) is 0 Å². The Kier molecular flexibility index (Phi) is 3.66. The summed E-state index contributed by atoms with van der Waals surface area (Å²) in [5, 5.41) is 2.52. The van der Waals surface area contributed by atoms with E-state index < -0.39 is 17.5 Å². The van der Waals surface area contributed by atoms with E-state index in [4.69, 9.17) is 0 Å². The Balaban J connectivity index is 1.97. The van der Waals surface area contributed by atoms with E-state index in [1.165, 1.54) is 12.5 Å². The van der Waals surface area contributed by atoms with E-state index in [1.807, 2.05) is 0 Å². The minimum absolute atomic E-state index is 0.144. The van der Waals surface area contributed by atoms with Crippen LogP contribution in [-0.4, -0.2) is 24.3 Å². The standard InChI is InChI=1S/C16H19FN2O2/c1-2-5-10-6-3-4-7-19(10)14-9-13-11(8-12(14)17)15(20)16(21)18-13/h8-10H,2-7H2,1H3,(H,18,20,21). The van der Waals surface area contributed by atoms with Gasteiger partial charge in [-0.25, -0.2) is 4.39 Å². The maximum atomic E-state index is 14.4. The van der Waals surface area contributed by atoms with Crippen LogP contribution >= 0.6 is 0 Å². The molecular formula is C16H19FN2O2. The average molecular weight is 290 g/mol. The minimum Gasteiger partial charge on any atom is -0.366 e. The summed E-state index contributed by atoms with van der Waals surface area (Å²) in [6.07, 6.45) is 5.37. The number of halogens is 1. The van der Waals surface area contributed by atoms with Crippen LogP contribution in [0.5, 0.6) is 0 Å². The van der Waals surface area contributed by atoms with Gasteiger partial charge in [0.2, 0.25) is 0 Å². The normalized spacial score (nSPS) is 21.4. The molecule has 0 bridgehead atoms.